The minimum atomic E-state index is 0.594. The molecule has 2 unspecified atom stereocenters. The van der Waals surface area contributed by atoms with E-state index in [1.54, 1.807) is 0 Å². The molecule has 1 aromatic rings. The van der Waals surface area contributed by atoms with Gasteiger partial charge in [-0.25, -0.2) is 4.68 Å². The van der Waals surface area contributed by atoms with Gasteiger partial charge >= 0.3 is 0 Å². The molecule has 0 radical (unpaired) electrons. The van der Waals surface area contributed by atoms with Crippen molar-refractivity contribution < 1.29 is 0 Å². The van der Waals surface area contributed by atoms with E-state index in [4.69, 9.17) is 0 Å². The standard InChI is InChI=1S/C10H17N3/c1-3-8-7-9(4-2)13-10(12-8)5-6-11-13/h5-6,8-9,12H,3-4,7H2,1-2H3. The highest BCUT2D eigenvalue weighted by atomic mass is 15.4. The van der Waals surface area contributed by atoms with Crippen LogP contribution in [0.15, 0.2) is 12.3 Å². The summed E-state index contributed by atoms with van der Waals surface area (Å²) in [7, 11) is 0. The molecule has 1 aliphatic rings. The third-order valence-electron chi connectivity index (χ3n) is 2.89. The van der Waals surface area contributed by atoms with Gasteiger partial charge in [0, 0.05) is 12.1 Å². The highest BCUT2D eigenvalue weighted by molar-refractivity contribution is 5.37. The van der Waals surface area contributed by atoms with Gasteiger partial charge in [0.15, 0.2) is 0 Å². The van der Waals surface area contributed by atoms with Crippen molar-refractivity contribution in [3.63, 3.8) is 0 Å². The zero-order valence-electron chi connectivity index (χ0n) is 8.33. The third-order valence-corrected chi connectivity index (χ3v) is 2.89. The lowest BCUT2D eigenvalue weighted by molar-refractivity contribution is 0.362. The number of anilines is 1. The number of fused-ring (bicyclic) bond motifs is 1. The molecule has 2 heterocycles. The Labute approximate surface area is 79.1 Å². The quantitative estimate of drug-likeness (QED) is 0.755. The minimum Gasteiger partial charge on any atom is -0.367 e. The second-order valence-corrected chi connectivity index (χ2v) is 3.71. The van der Waals surface area contributed by atoms with Crippen LogP contribution in [0, 0.1) is 0 Å². The van der Waals surface area contributed by atoms with Crippen LogP contribution >= 0.6 is 0 Å². The number of hydrogen-bond donors (Lipinski definition) is 1. The summed E-state index contributed by atoms with van der Waals surface area (Å²) in [6.45, 7) is 4.46. The van der Waals surface area contributed by atoms with Gasteiger partial charge in [-0.15, -0.1) is 0 Å². The number of rotatable bonds is 2. The summed E-state index contributed by atoms with van der Waals surface area (Å²) in [5.41, 5.74) is 0. The van der Waals surface area contributed by atoms with E-state index in [2.05, 4.69) is 35.0 Å². The number of aromatic nitrogens is 2. The third kappa shape index (κ3) is 1.43. The maximum atomic E-state index is 4.33. The maximum absolute atomic E-state index is 4.33. The van der Waals surface area contributed by atoms with Gasteiger partial charge in [-0.05, 0) is 19.3 Å². The van der Waals surface area contributed by atoms with Gasteiger partial charge in [0.1, 0.15) is 5.82 Å². The fourth-order valence-corrected chi connectivity index (χ4v) is 2.02. The molecule has 13 heavy (non-hydrogen) atoms. The van der Waals surface area contributed by atoms with Crippen molar-refractivity contribution in [3.8, 4) is 0 Å². The normalized spacial score (nSPS) is 26.6. The van der Waals surface area contributed by atoms with Gasteiger partial charge in [0.25, 0.3) is 0 Å². The van der Waals surface area contributed by atoms with E-state index in [9.17, 15) is 0 Å². The van der Waals surface area contributed by atoms with E-state index in [0.717, 1.165) is 0 Å². The van der Waals surface area contributed by atoms with Crippen molar-refractivity contribution in [1.29, 1.82) is 0 Å². The average molecular weight is 179 g/mol. The van der Waals surface area contributed by atoms with Gasteiger partial charge in [-0.3, -0.25) is 0 Å². The zero-order chi connectivity index (χ0) is 9.26. The molecule has 2 atom stereocenters. The molecule has 3 heteroatoms. The first-order chi connectivity index (χ1) is 6.35. The summed E-state index contributed by atoms with van der Waals surface area (Å²) < 4.78 is 2.12. The lowest BCUT2D eigenvalue weighted by Crippen LogP contribution is -2.31. The van der Waals surface area contributed by atoms with Crippen LogP contribution in [0.2, 0.25) is 0 Å². The first-order valence-corrected chi connectivity index (χ1v) is 5.15. The number of hydrogen-bond acceptors (Lipinski definition) is 2. The Morgan fingerprint density at radius 2 is 2.38 bits per heavy atom. The summed E-state index contributed by atoms with van der Waals surface area (Å²) >= 11 is 0. The highest BCUT2D eigenvalue weighted by Gasteiger charge is 2.23. The fourth-order valence-electron chi connectivity index (χ4n) is 2.02. The topological polar surface area (TPSA) is 29.9 Å². The van der Waals surface area contributed by atoms with E-state index in [-0.39, 0.29) is 0 Å². The smallest absolute Gasteiger partial charge is 0.124 e. The first kappa shape index (κ1) is 8.60. The Morgan fingerprint density at radius 1 is 1.54 bits per heavy atom. The fraction of sp³-hybridized carbons (Fsp3) is 0.700. The molecular formula is C10H17N3. The molecule has 0 saturated heterocycles. The average Bonchev–Trinajstić information content (AvgIpc) is 2.63. The van der Waals surface area contributed by atoms with Crippen molar-refractivity contribution in [1.82, 2.24) is 9.78 Å². The molecule has 0 saturated carbocycles. The Hall–Kier alpha value is -0.990. The monoisotopic (exact) mass is 179 g/mol. The number of nitrogens with zero attached hydrogens (tertiary/aromatic N) is 2. The second kappa shape index (κ2) is 3.40. The van der Waals surface area contributed by atoms with Crippen LogP contribution in [0.25, 0.3) is 0 Å². The Kier molecular flexibility index (Phi) is 2.25. The largest absolute Gasteiger partial charge is 0.367 e. The molecule has 0 spiro atoms. The summed E-state index contributed by atoms with van der Waals surface area (Å²) in [5, 5.41) is 7.82. The van der Waals surface area contributed by atoms with Crippen molar-refractivity contribution in [2.24, 2.45) is 0 Å². The van der Waals surface area contributed by atoms with E-state index in [0.29, 0.717) is 12.1 Å². The Balaban J connectivity index is 2.25. The van der Waals surface area contributed by atoms with Gasteiger partial charge in [0.05, 0.1) is 12.2 Å². The molecule has 0 aromatic carbocycles. The summed E-state index contributed by atoms with van der Waals surface area (Å²) in [6, 6.07) is 3.29. The van der Waals surface area contributed by atoms with Crippen LogP contribution in [-0.4, -0.2) is 15.8 Å². The molecule has 2 rings (SSSR count). The maximum Gasteiger partial charge on any atom is 0.124 e. The van der Waals surface area contributed by atoms with Crippen LogP contribution in [0.4, 0.5) is 5.82 Å². The van der Waals surface area contributed by atoms with Gasteiger partial charge in [-0.2, -0.15) is 5.10 Å². The summed E-state index contributed by atoms with van der Waals surface area (Å²) in [4.78, 5) is 0. The molecule has 1 N–H and O–H groups in total. The predicted molar refractivity (Wildman–Crippen MR) is 53.9 cm³/mol. The van der Waals surface area contributed by atoms with Gasteiger partial charge in [-0.1, -0.05) is 13.8 Å². The molecule has 0 fully saturated rings. The minimum absolute atomic E-state index is 0.594. The van der Waals surface area contributed by atoms with Crippen LogP contribution in [0.5, 0.6) is 0 Å². The van der Waals surface area contributed by atoms with Crippen LogP contribution in [0.3, 0.4) is 0 Å². The lowest BCUT2D eigenvalue weighted by atomic mass is 10.0. The van der Waals surface area contributed by atoms with Crippen LogP contribution in [-0.2, 0) is 0 Å². The Morgan fingerprint density at radius 3 is 3.08 bits per heavy atom. The highest BCUT2D eigenvalue weighted by Crippen LogP contribution is 2.29. The van der Waals surface area contributed by atoms with Crippen LogP contribution < -0.4 is 5.32 Å². The molecule has 1 aliphatic heterocycles. The molecular weight excluding hydrogens is 162 g/mol. The van der Waals surface area contributed by atoms with Crippen molar-refractivity contribution in [2.45, 2.75) is 45.2 Å². The SMILES string of the molecule is CCC1CC(CC)n2nccc2N1. The van der Waals surface area contributed by atoms with Gasteiger partial charge in [0.2, 0.25) is 0 Å². The van der Waals surface area contributed by atoms with E-state index >= 15 is 0 Å². The number of nitrogens with one attached hydrogen (secondary N) is 1. The van der Waals surface area contributed by atoms with E-state index < -0.39 is 0 Å². The van der Waals surface area contributed by atoms with E-state index in [1.165, 1.54) is 25.1 Å². The van der Waals surface area contributed by atoms with Crippen molar-refractivity contribution in [2.75, 3.05) is 5.32 Å². The van der Waals surface area contributed by atoms with Gasteiger partial charge < -0.3 is 5.32 Å². The molecule has 0 amide bonds. The zero-order valence-corrected chi connectivity index (χ0v) is 8.33. The van der Waals surface area contributed by atoms with E-state index in [1.807, 2.05) is 6.20 Å². The van der Waals surface area contributed by atoms with Crippen LogP contribution in [0.1, 0.15) is 39.2 Å². The van der Waals surface area contributed by atoms with Crippen molar-refractivity contribution in [3.05, 3.63) is 12.3 Å². The summed E-state index contributed by atoms with van der Waals surface area (Å²) in [5.74, 6) is 1.19. The molecule has 72 valence electrons. The second-order valence-electron chi connectivity index (χ2n) is 3.71. The first-order valence-electron chi connectivity index (χ1n) is 5.15. The molecule has 0 aliphatic carbocycles. The molecule has 3 nitrogen and oxygen atoms in total. The Bertz CT molecular complexity index is 279. The lowest BCUT2D eigenvalue weighted by Gasteiger charge is -2.31. The summed E-state index contributed by atoms with van der Waals surface area (Å²) in [6.07, 6.45) is 5.46. The molecule has 0 bridgehead atoms. The van der Waals surface area contributed by atoms with Crippen molar-refractivity contribution >= 4 is 5.82 Å². The predicted octanol–water partition coefficient (Wildman–Crippen LogP) is 2.43. The molecule has 1 aromatic heterocycles.